The number of hydrogen-bond acceptors (Lipinski definition) is 2. The van der Waals surface area contributed by atoms with Gasteiger partial charge in [-0.3, -0.25) is 0 Å². The third-order valence-corrected chi connectivity index (χ3v) is 4.40. The van der Waals surface area contributed by atoms with E-state index < -0.39 is 5.60 Å². The van der Waals surface area contributed by atoms with Gasteiger partial charge in [-0.05, 0) is 49.9 Å². The Morgan fingerprint density at radius 3 is 3.11 bits per heavy atom. The average molecular weight is 249 g/mol. The minimum Gasteiger partial charge on any atom is -0.389 e. The van der Waals surface area contributed by atoms with Gasteiger partial charge in [-0.1, -0.05) is 12.1 Å². The van der Waals surface area contributed by atoms with E-state index in [1.54, 1.807) is 12.1 Å². The van der Waals surface area contributed by atoms with E-state index in [0.29, 0.717) is 12.5 Å². The van der Waals surface area contributed by atoms with Gasteiger partial charge in [0.05, 0.1) is 5.60 Å². The van der Waals surface area contributed by atoms with Crippen molar-refractivity contribution in [3.05, 3.63) is 35.6 Å². The van der Waals surface area contributed by atoms with Crippen LogP contribution in [0.3, 0.4) is 0 Å². The Kier molecular flexibility index (Phi) is 3.12. The molecule has 2 heterocycles. The third-order valence-electron chi connectivity index (χ3n) is 4.40. The van der Waals surface area contributed by atoms with Crippen molar-refractivity contribution in [3.8, 4) is 0 Å². The van der Waals surface area contributed by atoms with Crippen LogP contribution in [0.1, 0.15) is 31.2 Å². The van der Waals surface area contributed by atoms with Crippen molar-refractivity contribution in [1.82, 2.24) is 4.90 Å². The van der Waals surface area contributed by atoms with E-state index >= 15 is 0 Å². The fourth-order valence-electron chi connectivity index (χ4n) is 3.50. The summed E-state index contributed by atoms with van der Waals surface area (Å²) in [6, 6.07) is 7.16. The number of aliphatic hydroxyl groups is 1. The number of halogens is 1. The summed E-state index contributed by atoms with van der Waals surface area (Å²) in [5.74, 6) is -0.214. The van der Waals surface area contributed by atoms with Gasteiger partial charge in [0.25, 0.3) is 0 Å². The molecule has 0 spiro atoms. The maximum Gasteiger partial charge on any atom is 0.123 e. The number of hydrogen-bond donors (Lipinski definition) is 1. The summed E-state index contributed by atoms with van der Waals surface area (Å²) in [6.45, 7) is 2.16. The van der Waals surface area contributed by atoms with Gasteiger partial charge in [-0.2, -0.15) is 0 Å². The molecule has 18 heavy (non-hydrogen) atoms. The average Bonchev–Trinajstić information content (AvgIpc) is 2.75. The van der Waals surface area contributed by atoms with Crippen molar-refractivity contribution in [2.75, 3.05) is 13.1 Å². The van der Waals surface area contributed by atoms with Crippen LogP contribution in [0.15, 0.2) is 24.3 Å². The molecule has 2 aliphatic rings. The third kappa shape index (κ3) is 2.43. The molecule has 2 saturated heterocycles. The van der Waals surface area contributed by atoms with Crippen molar-refractivity contribution in [1.29, 1.82) is 0 Å². The highest BCUT2D eigenvalue weighted by atomic mass is 19.1. The molecular formula is C15H20FNO. The summed E-state index contributed by atoms with van der Waals surface area (Å²) in [5, 5.41) is 10.7. The molecule has 3 rings (SSSR count). The second kappa shape index (κ2) is 4.63. The predicted molar refractivity (Wildman–Crippen MR) is 68.9 cm³/mol. The van der Waals surface area contributed by atoms with Gasteiger partial charge in [0.2, 0.25) is 0 Å². The lowest BCUT2D eigenvalue weighted by molar-refractivity contribution is -0.0354. The topological polar surface area (TPSA) is 23.5 Å². The molecule has 1 N–H and O–H groups in total. The maximum absolute atomic E-state index is 13.2. The molecule has 98 valence electrons. The van der Waals surface area contributed by atoms with E-state index in [1.165, 1.54) is 25.5 Å². The van der Waals surface area contributed by atoms with Gasteiger partial charge in [0, 0.05) is 19.0 Å². The maximum atomic E-state index is 13.2. The van der Waals surface area contributed by atoms with Crippen LogP contribution in [0.25, 0.3) is 0 Å². The van der Waals surface area contributed by atoms with Crippen molar-refractivity contribution >= 4 is 0 Å². The Morgan fingerprint density at radius 2 is 2.28 bits per heavy atom. The SMILES string of the molecule is OC1(Cc2cccc(F)c2)CCN2CCCC2C1. The summed E-state index contributed by atoms with van der Waals surface area (Å²) in [5.41, 5.74) is 0.267. The largest absolute Gasteiger partial charge is 0.389 e. The Labute approximate surface area is 107 Å². The Bertz CT molecular complexity index is 436. The first-order chi connectivity index (χ1) is 8.65. The van der Waals surface area contributed by atoms with Crippen molar-refractivity contribution in [2.45, 2.75) is 43.7 Å². The number of piperidine rings is 1. The normalized spacial score (nSPS) is 32.4. The molecule has 0 amide bonds. The Balaban J connectivity index is 1.71. The van der Waals surface area contributed by atoms with Gasteiger partial charge in [0.15, 0.2) is 0 Å². The van der Waals surface area contributed by atoms with Crippen LogP contribution in [0.2, 0.25) is 0 Å². The predicted octanol–water partition coefficient (Wildman–Crippen LogP) is 2.36. The van der Waals surface area contributed by atoms with Crippen LogP contribution in [0, 0.1) is 5.82 Å². The summed E-state index contributed by atoms with van der Waals surface area (Å²) < 4.78 is 13.2. The number of rotatable bonds is 2. The van der Waals surface area contributed by atoms with Gasteiger partial charge in [-0.25, -0.2) is 4.39 Å². The lowest BCUT2D eigenvalue weighted by Gasteiger charge is -2.41. The molecule has 0 bridgehead atoms. The molecule has 2 aliphatic heterocycles. The summed E-state index contributed by atoms with van der Waals surface area (Å²) >= 11 is 0. The molecule has 2 fully saturated rings. The monoisotopic (exact) mass is 249 g/mol. The van der Waals surface area contributed by atoms with E-state index in [0.717, 1.165) is 24.9 Å². The minimum absolute atomic E-state index is 0.214. The van der Waals surface area contributed by atoms with Crippen molar-refractivity contribution in [3.63, 3.8) is 0 Å². The number of benzene rings is 1. The highest BCUT2D eigenvalue weighted by molar-refractivity contribution is 5.19. The van der Waals surface area contributed by atoms with Crippen molar-refractivity contribution < 1.29 is 9.50 Å². The van der Waals surface area contributed by atoms with Crippen LogP contribution >= 0.6 is 0 Å². The lowest BCUT2D eigenvalue weighted by Crippen LogP contribution is -2.48. The Hall–Kier alpha value is -0.930. The second-order valence-electron chi connectivity index (χ2n) is 5.82. The lowest BCUT2D eigenvalue weighted by atomic mass is 9.82. The first-order valence-electron chi connectivity index (χ1n) is 6.86. The zero-order valence-electron chi connectivity index (χ0n) is 10.6. The van der Waals surface area contributed by atoms with E-state index in [4.69, 9.17) is 0 Å². The van der Waals surface area contributed by atoms with Gasteiger partial charge in [0.1, 0.15) is 5.82 Å². The quantitative estimate of drug-likeness (QED) is 0.869. The smallest absolute Gasteiger partial charge is 0.123 e. The first kappa shape index (κ1) is 12.1. The highest BCUT2D eigenvalue weighted by Gasteiger charge is 2.40. The molecule has 1 aromatic carbocycles. The van der Waals surface area contributed by atoms with E-state index in [9.17, 15) is 9.50 Å². The van der Waals surface area contributed by atoms with Crippen LogP contribution in [0.5, 0.6) is 0 Å². The Morgan fingerprint density at radius 1 is 1.39 bits per heavy atom. The van der Waals surface area contributed by atoms with E-state index in [1.807, 2.05) is 6.07 Å². The summed E-state index contributed by atoms with van der Waals surface area (Å²) in [6.07, 6.45) is 4.67. The van der Waals surface area contributed by atoms with Crippen LogP contribution < -0.4 is 0 Å². The minimum atomic E-state index is -0.640. The molecule has 0 saturated carbocycles. The van der Waals surface area contributed by atoms with Gasteiger partial charge in [-0.15, -0.1) is 0 Å². The fraction of sp³-hybridized carbons (Fsp3) is 0.600. The molecule has 0 aliphatic carbocycles. The second-order valence-corrected chi connectivity index (χ2v) is 5.82. The molecular weight excluding hydrogens is 229 g/mol. The van der Waals surface area contributed by atoms with Gasteiger partial charge < -0.3 is 10.0 Å². The molecule has 0 aromatic heterocycles. The number of fused-ring (bicyclic) bond motifs is 1. The fourth-order valence-corrected chi connectivity index (χ4v) is 3.50. The van der Waals surface area contributed by atoms with Crippen LogP contribution in [0.4, 0.5) is 4.39 Å². The first-order valence-corrected chi connectivity index (χ1v) is 6.86. The molecule has 2 nitrogen and oxygen atoms in total. The molecule has 0 radical (unpaired) electrons. The van der Waals surface area contributed by atoms with Gasteiger partial charge >= 0.3 is 0 Å². The summed E-state index contributed by atoms with van der Waals surface area (Å²) in [4.78, 5) is 2.49. The van der Waals surface area contributed by atoms with E-state index in [-0.39, 0.29) is 5.82 Å². The van der Waals surface area contributed by atoms with Crippen LogP contribution in [-0.2, 0) is 6.42 Å². The molecule has 3 heteroatoms. The van der Waals surface area contributed by atoms with E-state index in [2.05, 4.69) is 4.90 Å². The molecule has 1 aromatic rings. The van der Waals surface area contributed by atoms with Crippen molar-refractivity contribution in [2.24, 2.45) is 0 Å². The number of nitrogens with zero attached hydrogens (tertiary/aromatic N) is 1. The zero-order chi connectivity index (χ0) is 12.6. The molecule has 2 unspecified atom stereocenters. The standard InChI is InChI=1S/C15H20FNO/c16-13-4-1-3-12(9-13)10-15(18)6-8-17-7-2-5-14(17)11-15/h1,3-4,9,14,18H,2,5-8,10-11H2. The zero-order valence-corrected chi connectivity index (χ0v) is 10.6. The summed E-state index contributed by atoms with van der Waals surface area (Å²) in [7, 11) is 0. The highest BCUT2D eigenvalue weighted by Crippen LogP contribution is 2.35. The molecule has 2 atom stereocenters. The van der Waals surface area contributed by atoms with Crippen LogP contribution in [-0.4, -0.2) is 34.7 Å².